The minimum absolute atomic E-state index is 0.0277. The SMILES string of the molecule is C=C(C)[C@@H]1CC[C@]2(CC(=O)NCc3ccc(N(C)C)cc3)CC[C@]3(C)[C@H](CC[C@@H]4[C@@]5(C)CC[C@H](OC(=O)CC(C)(C)CC(=O)O)C(C)(C)[C@@H]5CC[C@]43C)[C@@H]12. The summed E-state index contributed by atoms with van der Waals surface area (Å²) >= 11 is 0. The van der Waals surface area contributed by atoms with E-state index in [2.05, 4.69) is 82.6 Å². The highest BCUT2D eigenvalue weighted by Gasteiger charge is 2.71. The number of carboxylic acid groups (broad SMARTS) is 1. The van der Waals surface area contributed by atoms with Crippen LogP contribution in [-0.4, -0.2) is 43.2 Å². The van der Waals surface area contributed by atoms with Crippen molar-refractivity contribution >= 4 is 23.5 Å². The van der Waals surface area contributed by atoms with Gasteiger partial charge in [-0.15, -0.1) is 0 Å². The van der Waals surface area contributed by atoms with E-state index < -0.39 is 11.4 Å². The predicted molar refractivity (Wildman–Crippen MR) is 217 cm³/mol. The largest absolute Gasteiger partial charge is 0.481 e. The van der Waals surface area contributed by atoms with Crippen LogP contribution in [0.3, 0.4) is 0 Å². The fourth-order valence-electron chi connectivity index (χ4n) is 14.3. The molecule has 5 aliphatic carbocycles. The fourth-order valence-corrected chi connectivity index (χ4v) is 14.3. The molecule has 6 rings (SSSR count). The topological polar surface area (TPSA) is 95.9 Å². The van der Waals surface area contributed by atoms with Crippen molar-refractivity contribution in [3.05, 3.63) is 42.0 Å². The minimum atomic E-state index is -0.884. The maximum Gasteiger partial charge on any atom is 0.306 e. The van der Waals surface area contributed by atoms with Crippen molar-refractivity contribution < 1.29 is 24.2 Å². The van der Waals surface area contributed by atoms with Gasteiger partial charge in [0.25, 0.3) is 0 Å². The second kappa shape index (κ2) is 14.3. The Morgan fingerprint density at radius 3 is 2.19 bits per heavy atom. The number of benzene rings is 1. The quantitative estimate of drug-likeness (QED) is 0.173. The first-order chi connectivity index (χ1) is 25.1. The van der Waals surface area contributed by atoms with Crippen molar-refractivity contribution in [3.63, 3.8) is 0 Å². The predicted octanol–water partition coefficient (Wildman–Crippen LogP) is 10.2. The number of carbonyl (C=O) groups is 3. The molecule has 300 valence electrons. The molecule has 0 unspecified atom stereocenters. The molecule has 7 nitrogen and oxygen atoms in total. The van der Waals surface area contributed by atoms with Crippen molar-refractivity contribution in [2.45, 2.75) is 152 Å². The molecule has 54 heavy (non-hydrogen) atoms. The smallest absolute Gasteiger partial charge is 0.306 e. The summed E-state index contributed by atoms with van der Waals surface area (Å²) in [5.74, 6) is 1.61. The summed E-state index contributed by atoms with van der Waals surface area (Å²) in [4.78, 5) is 40.6. The number of fused-ring (bicyclic) bond motifs is 7. The lowest BCUT2D eigenvalue weighted by Gasteiger charge is -2.73. The Bertz CT molecular complexity index is 1610. The zero-order valence-electron chi connectivity index (χ0n) is 35.4. The van der Waals surface area contributed by atoms with Gasteiger partial charge in [-0.05, 0) is 145 Å². The van der Waals surface area contributed by atoms with Crippen LogP contribution in [0.15, 0.2) is 36.4 Å². The van der Waals surface area contributed by atoms with Gasteiger partial charge in [-0.3, -0.25) is 14.4 Å². The number of carbonyl (C=O) groups excluding carboxylic acids is 2. The molecule has 5 fully saturated rings. The van der Waals surface area contributed by atoms with Crippen molar-refractivity contribution in [3.8, 4) is 0 Å². The zero-order chi connectivity index (χ0) is 39.6. The summed E-state index contributed by atoms with van der Waals surface area (Å²) in [5.41, 5.74) is 3.34. The molecule has 2 N–H and O–H groups in total. The molecule has 10 atom stereocenters. The van der Waals surface area contributed by atoms with Gasteiger partial charge in [-0.1, -0.05) is 72.8 Å². The summed E-state index contributed by atoms with van der Waals surface area (Å²) in [6, 6.07) is 8.48. The molecule has 0 aromatic heterocycles. The van der Waals surface area contributed by atoms with Gasteiger partial charge in [0.05, 0.1) is 12.8 Å². The van der Waals surface area contributed by atoms with Gasteiger partial charge < -0.3 is 20.1 Å². The van der Waals surface area contributed by atoms with Crippen LogP contribution in [-0.2, 0) is 25.7 Å². The molecule has 0 heterocycles. The van der Waals surface area contributed by atoms with E-state index in [0.29, 0.717) is 42.6 Å². The average molecular weight is 745 g/mol. The van der Waals surface area contributed by atoms with E-state index in [1.807, 2.05) is 27.9 Å². The molecule has 7 heteroatoms. The third-order valence-corrected chi connectivity index (χ3v) is 17.2. The van der Waals surface area contributed by atoms with Crippen LogP contribution < -0.4 is 10.2 Å². The number of nitrogens with zero attached hydrogens (tertiary/aromatic N) is 1. The highest BCUT2D eigenvalue weighted by atomic mass is 16.5. The molecule has 5 aliphatic rings. The third kappa shape index (κ3) is 6.95. The Kier molecular flexibility index (Phi) is 10.8. The molecule has 1 aromatic rings. The van der Waals surface area contributed by atoms with Gasteiger partial charge in [0, 0.05) is 38.2 Å². The molecule has 1 amide bonds. The number of esters is 1. The number of amides is 1. The fraction of sp³-hybridized carbons (Fsp3) is 0.766. The number of anilines is 1. The van der Waals surface area contributed by atoms with Gasteiger partial charge in [0.2, 0.25) is 5.91 Å². The summed E-state index contributed by atoms with van der Waals surface area (Å²) in [7, 11) is 4.09. The maximum absolute atomic E-state index is 13.9. The zero-order valence-corrected chi connectivity index (χ0v) is 35.4. The van der Waals surface area contributed by atoms with Crippen LogP contribution in [0.5, 0.6) is 0 Å². The molecule has 0 radical (unpaired) electrons. The molecule has 0 spiro atoms. The first kappa shape index (κ1) is 40.8. The van der Waals surface area contributed by atoms with Gasteiger partial charge in [-0.2, -0.15) is 0 Å². The Hall–Kier alpha value is -2.83. The van der Waals surface area contributed by atoms with Crippen LogP contribution in [0, 0.1) is 62.1 Å². The molecular formula is C47H72N2O5. The van der Waals surface area contributed by atoms with E-state index in [4.69, 9.17) is 4.74 Å². The van der Waals surface area contributed by atoms with Crippen LogP contribution in [0.4, 0.5) is 5.69 Å². The number of nitrogens with one attached hydrogen (secondary N) is 1. The molecule has 1 aromatic carbocycles. The van der Waals surface area contributed by atoms with Crippen molar-refractivity contribution in [2.75, 3.05) is 19.0 Å². The Morgan fingerprint density at radius 2 is 1.56 bits per heavy atom. The van der Waals surface area contributed by atoms with E-state index in [1.165, 1.54) is 31.3 Å². The van der Waals surface area contributed by atoms with Crippen LogP contribution in [0.1, 0.15) is 144 Å². The summed E-state index contributed by atoms with van der Waals surface area (Å²) < 4.78 is 6.29. The minimum Gasteiger partial charge on any atom is -0.481 e. The molecule has 5 saturated carbocycles. The van der Waals surface area contributed by atoms with E-state index in [0.717, 1.165) is 49.8 Å². The monoisotopic (exact) mass is 745 g/mol. The lowest BCUT2D eigenvalue weighted by Crippen LogP contribution is -2.67. The summed E-state index contributed by atoms with van der Waals surface area (Å²) in [6.07, 6.45) is 11.8. The normalized spacial score (nSPS) is 38.2. The van der Waals surface area contributed by atoms with E-state index in [9.17, 15) is 19.5 Å². The second-order valence-electron chi connectivity index (χ2n) is 21.3. The van der Waals surface area contributed by atoms with E-state index >= 15 is 0 Å². The second-order valence-corrected chi connectivity index (χ2v) is 21.3. The first-order valence-corrected chi connectivity index (χ1v) is 21.2. The first-order valence-electron chi connectivity index (χ1n) is 21.2. The maximum atomic E-state index is 13.9. The molecule has 0 saturated heterocycles. The van der Waals surface area contributed by atoms with E-state index in [1.54, 1.807) is 0 Å². The van der Waals surface area contributed by atoms with Gasteiger partial charge in [0.15, 0.2) is 0 Å². The molecule has 0 bridgehead atoms. The Labute approximate surface area is 326 Å². The lowest BCUT2D eigenvalue weighted by atomic mass is 9.32. The summed E-state index contributed by atoms with van der Waals surface area (Å²) in [6.45, 7) is 23.6. The van der Waals surface area contributed by atoms with Crippen LogP contribution >= 0.6 is 0 Å². The van der Waals surface area contributed by atoms with Gasteiger partial charge >= 0.3 is 11.9 Å². The number of hydrogen-bond donors (Lipinski definition) is 2. The molecular weight excluding hydrogens is 673 g/mol. The highest BCUT2D eigenvalue weighted by molar-refractivity contribution is 5.77. The van der Waals surface area contributed by atoms with Crippen molar-refractivity contribution in [1.29, 1.82) is 0 Å². The van der Waals surface area contributed by atoms with Gasteiger partial charge in [0.1, 0.15) is 6.10 Å². The Balaban J connectivity index is 1.19. The summed E-state index contributed by atoms with van der Waals surface area (Å²) in [5, 5.41) is 12.7. The van der Waals surface area contributed by atoms with Crippen LogP contribution in [0.25, 0.3) is 0 Å². The number of aliphatic carboxylic acids is 1. The lowest BCUT2D eigenvalue weighted by molar-refractivity contribution is -0.250. The highest BCUT2D eigenvalue weighted by Crippen LogP contribution is 2.78. The number of carboxylic acids is 1. The van der Waals surface area contributed by atoms with Crippen LogP contribution in [0.2, 0.25) is 0 Å². The third-order valence-electron chi connectivity index (χ3n) is 17.2. The van der Waals surface area contributed by atoms with Crippen molar-refractivity contribution in [2.24, 2.45) is 62.1 Å². The van der Waals surface area contributed by atoms with E-state index in [-0.39, 0.29) is 57.9 Å². The molecule has 0 aliphatic heterocycles. The van der Waals surface area contributed by atoms with Gasteiger partial charge in [-0.25, -0.2) is 0 Å². The number of hydrogen-bond acceptors (Lipinski definition) is 5. The average Bonchev–Trinajstić information content (AvgIpc) is 3.44. The number of rotatable bonds is 11. The number of allylic oxidation sites excluding steroid dienone is 1. The van der Waals surface area contributed by atoms with Crippen molar-refractivity contribution in [1.82, 2.24) is 5.32 Å². The Morgan fingerprint density at radius 1 is 0.870 bits per heavy atom. The standard InChI is InChI=1S/C47H72N2O5/c1-30(2)33-18-23-47(26-38(50)48-29-31-12-14-32(15-13-31)49(10)11)25-24-45(8)34(41(33)47)16-17-36-44(7)21-20-37(43(5,6)35(44)19-22-46(36,45)9)54-40(53)28-42(3,4)27-39(51)52/h12-15,33-37,41H,1,16-29H2,2-11H3,(H,48,50)(H,51,52)/t33-,34+,35-,36+,37-,41+,44-,45+,46+,47+/m0/s1. The number of ether oxygens (including phenoxy) is 1.